The molecule has 0 bridgehead atoms. The molecular formula is C15H13N3O2. The standard InChI is InChI=1S/C15H13N3O2/c16-8-12-2-4-15(18-9-12)17-6-5-11-1-3-13-14(7-11)20-10-19-13/h1-4,7,9H,5-6,10H2,(H,17,18). The molecule has 1 aliphatic heterocycles. The molecule has 0 saturated carbocycles. The lowest BCUT2D eigenvalue weighted by molar-refractivity contribution is 0.174. The van der Waals surface area contributed by atoms with Crippen LogP contribution in [0.4, 0.5) is 5.82 Å². The van der Waals surface area contributed by atoms with E-state index in [1.807, 2.05) is 24.3 Å². The van der Waals surface area contributed by atoms with Crippen LogP contribution in [-0.4, -0.2) is 18.3 Å². The number of anilines is 1. The van der Waals surface area contributed by atoms with E-state index in [2.05, 4.69) is 10.3 Å². The lowest BCUT2D eigenvalue weighted by Crippen LogP contribution is -2.06. The zero-order valence-electron chi connectivity index (χ0n) is 10.8. The van der Waals surface area contributed by atoms with E-state index in [9.17, 15) is 0 Å². The van der Waals surface area contributed by atoms with E-state index in [1.165, 1.54) is 5.56 Å². The lowest BCUT2D eigenvalue weighted by atomic mass is 10.1. The average Bonchev–Trinajstić information content (AvgIpc) is 2.95. The fraction of sp³-hybridized carbons (Fsp3) is 0.200. The summed E-state index contributed by atoms with van der Waals surface area (Å²) in [6, 6.07) is 11.5. The Morgan fingerprint density at radius 2 is 2.10 bits per heavy atom. The van der Waals surface area contributed by atoms with E-state index in [4.69, 9.17) is 14.7 Å². The highest BCUT2D eigenvalue weighted by molar-refractivity contribution is 5.45. The third kappa shape index (κ3) is 2.64. The number of ether oxygens (including phenoxy) is 2. The van der Waals surface area contributed by atoms with Crippen LogP contribution >= 0.6 is 0 Å². The molecule has 1 aromatic carbocycles. The minimum atomic E-state index is 0.298. The highest BCUT2D eigenvalue weighted by Gasteiger charge is 2.12. The summed E-state index contributed by atoms with van der Waals surface area (Å²) in [6.07, 6.45) is 2.42. The summed E-state index contributed by atoms with van der Waals surface area (Å²) in [5.74, 6) is 2.37. The third-order valence-electron chi connectivity index (χ3n) is 3.05. The van der Waals surface area contributed by atoms with E-state index >= 15 is 0 Å². The smallest absolute Gasteiger partial charge is 0.231 e. The van der Waals surface area contributed by atoms with Crippen LogP contribution in [0.1, 0.15) is 11.1 Å². The Hall–Kier alpha value is -2.74. The zero-order chi connectivity index (χ0) is 13.8. The summed E-state index contributed by atoms with van der Waals surface area (Å²) < 4.78 is 10.6. The minimum Gasteiger partial charge on any atom is -0.454 e. The van der Waals surface area contributed by atoms with Crippen LogP contribution in [0.2, 0.25) is 0 Å². The maximum absolute atomic E-state index is 8.70. The SMILES string of the molecule is N#Cc1ccc(NCCc2ccc3c(c2)OCO3)nc1. The van der Waals surface area contributed by atoms with E-state index in [0.29, 0.717) is 12.4 Å². The topological polar surface area (TPSA) is 67.2 Å². The highest BCUT2D eigenvalue weighted by atomic mass is 16.7. The summed E-state index contributed by atoms with van der Waals surface area (Å²) >= 11 is 0. The van der Waals surface area contributed by atoms with Crippen molar-refractivity contribution in [2.24, 2.45) is 0 Å². The van der Waals surface area contributed by atoms with Crippen molar-refractivity contribution < 1.29 is 9.47 Å². The largest absolute Gasteiger partial charge is 0.454 e. The number of nitriles is 1. The van der Waals surface area contributed by atoms with Crippen molar-refractivity contribution in [3.8, 4) is 17.6 Å². The normalized spacial score (nSPS) is 11.9. The number of fused-ring (bicyclic) bond motifs is 1. The molecule has 0 aliphatic carbocycles. The van der Waals surface area contributed by atoms with Gasteiger partial charge in [0.15, 0.2) is 11.5 Å². The van der Waals surface area contributed by atoms with Crippen molar-refractivity contribution in [1.82, 2.24) is 4.98 Å². The number of rotatable bonds is 4. The van der Waals surface area contributed by atoms with Crippen LogP contribution in [0.25, 0.3) is 0 Å². The molecule has 1 aliphatic rings. The summed E-state index contributed by atoms with van der Waals surface area (Å²) in [7, 11) is 0. The van der Waals surface area contributed by atoms with Gasteiger partial charge in [0.05, 0.1) is 5.56 Å². The van der Waals surface area contributed by atoms with Crippen LogP contribution in [0, 0.1) is 11.3 Å². The molecule has 5 heteroatoms. The van der Waals surface area contributed by atoms with Crippen molar-refractivity contribution >= 4 is 5.82 Å². The maximum atomic E-state index is 8.70. The fourth-order valence-corrected chi connectivity index (χ4v) is 2.00. The molecule has 0 spiro atoms. The molecule has 0 saturated heterocycles. The molecule has 2 aromatic rings. The molecule has 0 amide bonds. The van der Waals surface area contributed by atoms with E-state index < -0.39 is 0 Å². The van der Waals surface area contributed by atoms with Gasteiger partial charge in [0.1, 0.15) is 11.9 Å². The molecule has 0 fully saturated rings. The number of nitrogens with one attached hydrogen (secondary N) is 1. The summed E-state index contributed by atoms with van der Waals surface area (Å²) in [5.41, 5.74) is 1.74. The molecule has 0 radical (unpaired) electrons. The number of benzene rings is 1. The van der Waals surface area contributed by atoms with Gasteiger partial charge in [0.2, 0.25) is 6.79 Å². The molecule has 1 N–H and O–H groups in total. The summed E-state index contributed by atoms with van der Waals surface area (Å²) in [4.78, 5) is 4.16. The van der Waals surface area contributed by atoms with Crippen LogP contribution in [0.5, 0.6) is 11.5 Å². The van der Waals surface area contributed by atoms with Gasteiger partial charge in [-0.05, 0) is 36.2 Å². The van der Waals surface area contributed by atoms with Crippen molar-refractivity contribution in [2.75, 3.05) is 18.7 Å². The monoisotopic (exact) mass is 267 g/mol. The van der Waals surface area contributed by atoms with Gasteiger partial charge in [-0.2, -0.15) is 5.26 Å². The van der Waals surface area contributed by atoms with Crippen LogP contribution < -0.4 is 14.8 Å². The maximum Gasteiger partial charge on any atom is 0.231 e. The van der Waals surface area contributed by atoms with Gasteiger partial charge in [0.25, 0.3) is 0 Å². The number of pyridine rings is 1. The molecule has 3 rings (SSSR count). The summed E-state index contributed by atoms with van der Waals surface area (Å²) in [6.45, 7) is 1.06. The van der Waals surface area contributed by atoms with Crippen LogP contribution in [-0.2, 0) is 6.42 Å². The molecular weight excluding hydrogens is 254 g/mol. The number of aromatic nitrogens is 1. The minimum absolute atomic E-state index is 0.298. The Labute approximate surface area is 116 Å². The number of hydrogen-bond donors (Lipinski definition) is 1. The highest BCUT2D eigenvalue weighted by Crippen LogP contribution is 2.32. The third-order valence-corrected chi connectivity index (χ3v) is 3.05. The first-order valence-corrected chi connectivity index (χ1v) is 6.34. The number of hydrogen-bond acceptors (Lipinski definition) is 5. The molecule has 0 atom stereocenters. The Balaban J connectivity index is 1.56. The number of nitrogens with zero attached hydrogens (tertiary/aromatic N) is 2. The van der Waals surface area contributed by atoms with Gasteiger partial charge in [-0.25, -0.2) is 4.98 Å². The quantitative estimate of drug-likeness (QED) is 0.920. The molecule has 1 aromatic heterocycles. The van der Waals surface area contributed by atoms with Gasteiger partial charge in [-0.3, -0.25) is 0 Å². The van der Waals surface area contributed by atoms with Gasteiger partial charge in [0, 0.05) is 12.7 Å². The Morgan fingerprint density at radius 3 is 2.90 bits per heavy atom. The molecule has 2 heterocycles. The second kappa shape index (κ2) is 5.49. The van der Waals surface area contributed by atoms with Crippen LogP contribution in [0.3, 0.4) is 0 Å². The first kappa shape index (κ1) is 12.3. The van der Waals surface area contributed by atoms with E-state index in [1.54, 1.807) is 18.3 Å². The Bertz CT molecular complexity index is 647. The zero-order valence-corrected chi connectivity index (χ0v) is 10.8. The average molecular weight is 267 g/mol. The fourth-order valence-electron chi connectivity index (χ4n) is 2.00. The molecule has 0 unspecified atom stereocenters. The van der Waals surface area contributed by atoms with Crippen molar-refractivity contribution in [3.05, 3.63) is 47.7 Å². The first-order valence-electron chi connectivity index (χ1n) is 6.34. The van der Waals surface area contributed by atoms with E-state index in [0.717, 1.165) is 30.3 Å². The van der Waals surface area contributed by atoms with Crippen molar-refractivity contribution in [2.45, 2.75) is 6.42 Å². The van der Waals surface area contributed by atoms with Crippen molar-refractivity contribution in [3.63, 3.8) is 0 Å². The Morgan fingerprint density at radius 1 is 1.20 bits per heavy atom. The Kier molecular flexibility index (Phi) is 3.38. The molecule has 20 heavy (non-hydrogen) atoms. The van der Waals surface area contributed by atoms with Gasteiger partial charge in [-0.15, -0.1) is 0 Å². The van der Waals surface area contributed by atoms with E-state index in [-0.39, 0.29) is 0 Å². The second-order valence-electron chi connectivity index (χ2n) is 4.41. The second-order valence-corrected chi connectivity index (χ2v) is 4.41. The van der Waals surface area contributed by atoms with Gasteiger partial charge < -0.3 is 14.8 Å². The predicted molar refractivity (Wildman–Crippen MR) is 73.7 cm³/mol. The predicted octanol–water partition coefficient (Wildman–Crippen LogP) is 2.34. The van der Waals surface area contributed by atoms with Gasteiger partial charge in [-0.1, -0.05) is 6.07 Å². The molecule has 100 valence electrons. The lowest BCUT2D eigenvalue weighted by Gasteiger charge is -2.06. The molecule has 5 nitrogen and oxygen atoms in total. The van der Waals surface area contributed by atoms with Crippen molar-refractivity contribution in [1.29, 1.82) is 5.26 Å². The van der Waals surface area contributed by atoms with Gasteiger partial charge >= 0.3 is 0 Å². The first-order chi connectivity index (χ1) is 9.85. The van der Waals surface area contributed by atoms with Crippen LogP contribution in [0.15, 0.2) is 36.5 Å². The summed E-state index contributed by atoms with van der Waals surface area (Å²) in [5, 5.41) is 11.9.